The molecule has 1 aliphatic rings. The topological polar surface area (TPSA) is 18.5 Å². The highest BCUT2D eigenvalue weighted by atomic mass is 19.2. The summed E-state index contributed by atoms with van der Waals surface area (Å²) >= 11 is 0. The van der Waals surface area contributed by atoms with Gasteiger partial charge in [-0.15, -0.1) is 6.58 Å². The maximum absolute atomic E-state index is 15.0. The van der Waals surface area contributed by atoms with Gasteiger partial charge in [-0.2, -0.15) is 0 Å². The van der Waals surface area contributed by atoms with E-state index in [0.29, 0.717) is 30.8 Å². The fourth-order valence-corrected chi connectivity index (χ4v) is 4.17. The second-order valence-corrected chi connectivity index (χ2v) is 7.96. The van der Waals surface area contributed by atoms with Crippen LogP contribution in [0.4, 0.5) is 17.6 Å². The Hall–Kier alpha value is -3.12. The van der Waals surface area contributed by atoms with E-state index >= 15 is 0 Å². The molecule has 2 unspecified atom stereocenters. The molecular formula is C27H24F4O2. The van der Waals surface area contributed by atoms with Crippen molar-refractivity contribution in [1.82, 2.24) is 0 Å². The molecule has 0 bridgehead atoms. The average molecular weight is 456 g/mol. The molecule has 1 fully saturated rings. The Bertz CT molecular complexity index is 1150. The third-order valence-corrected chi connectivity index (χ3v) is 5.97. The molecule has 0 N–H and O–H groups in total. The molecule has 2 atom stereocenters. The Balaban J connectivity index is 1.64. The quantitative estimate of drug-likeness (QED) is 0.284. The Morgan fingerprint density at radius 2 is 1.45 bits per heavy atom. The zero-order valence-electron chi connectivity index (χ0n) is 18.2. The monoisotopic (exact) mass is 456 g/mol. The van der Waals surface area contributed by atoms with Crippen molar-refractivity contribution < 1.29 is 27.0 Å². The van der Waals surface area contributed by atoms with Crippen LogP contribution in [0.2, 0.25) is 0 Å². The lowest BCUT2D eigenvalue weighted by molar-refractivity contribution is 0.0320. The Labute approximate surface area is 190 Å². The van der Waals surface area contributed by atoms with Gasteiger partial charge in [0.1, 0.15) is 5.75 Å². The predicted molar refractivity (Wildman–Crippen MR) is 120 cm³/mol. The first-order valence-electron chi connectivity index (χ1n) is 10.9. The molecule has 3 aromatic rings. The van der Waals surface area contributed by atoms with Crippen LogP contribution in [-0.2, 0) is 4.74 Å². The van der Waals surface area contributed by atoms with Gasteiger partial charge in [-0.1, -0.05) is 42.5 Å². The Kier molecular flexibility index (Phi) is 6.84. The van der Waals surface area contributed by atoms with Gasteiger partial charge in [-0.05, 0) is 43.0 Å². The van der Waals surface area contributed by atoms with Gasteiger partial charge in [-0.3, -0.25) is 0 Å². The summed E-state index contributed by atoms with van der Waals surface area (Å²) in [5.74, 6) is -4.33. The minimum absolute atomic E-state index is 0.0212. The SMILES string of the molecule is C=CC1CCC(c2ccc(-c3ccc(-c4ccc(OCC)cc4)c(F)c3F)c(F)c2F)CO1. The van der Waals surface area contributed by atoms with Gasteiger partial charge >= 0.3 is 0 Å². The summed E-state index contributed by atoms with van der Waals surface area (Å²) in [6, 6.07) is 11.9. The molecule has 1 saturated heterocycles. The van der Waals surface area contributed by atoms with Gasteiger partial charge in [0.2, 0.25) is 0 Å². The highest BCUT2D eigenvalue weighted by molar-refractivity contribution is 5.72. The summed E-state index contributed by atoms with van der Waals surface area (Å²) in [6.45, 7) is 6.25. The van der Waals surface area contributed by atoms with E-state index in [9.17, 15) is 17.6 Å². The lowest BCUT2D eigenvalue weighted by Gasteiger charge is -2.28. The molecule has 6 heteroatoms. The number of rotatable bonds is 6. The number of ether oxygens (including phenoxy) is 2. The number of benzene rings is 3. The van der Waals surface area contributed by atoms with Crippen molar-refractivity contribution in [2.75, 3.05) is 13.2 Å². The smallest absolute Gasteiger partial charge is 0.167 e. The van der Waals surface area contributed by atoms with Crippen LogP contribution in [0.15, 0.2) is 61.2 Å². The van der Waals surface area contributed by atoms with Gasteiger partial charge in [0.25, 0.3) is 0 Å². The molecular weight excluding hydrogens is 432 g/mol. The first-order chi connectivity index (χ1) is 15.9. The van der Waals surface area contributed by atoms with E-state index < -0.39 is 23.3 Å². The molecule has 0 saturated carbocycles. The van der Waals surface area contributed by atoms with Crippen molar-refractivity contribution in [2.24, 2.45) is 0 Å². The second-order valence-electron chi connectivity index (χ2n) is 7.96. The van der Waals surface area contributed by atoms with E-state index in [4.69, 9.17) is 9.47 Å². The summed E-state index contributed by atoms with van der Waals surface area (Å²) in [5.41, 5.74) is -0.0274. The molecule has 1 heterocycles. The molecule has 0 amide bonds. The van der Waals surface area contributed by atoms with Crippen LogP contribution in [0.5, 0.6) is 5.75 Å². The van der Waals surface area contributed by atoms with Crippen molar-refractivity contribution in [3.63, 3.8) is 0 Å². The molecule has 4 rings (SSSR count). The van der Waals surface area contributed by atoms with Crippen molar-refractivity contribution in [2.45, 2.75) is 31.8 Å². The summed E-state index contributed by atoms with van der Waals surface area (Å²) < 4.78 is 70.7. The molecule has 172 valence electrons. The van der Waals surface area contributed by atoms with E-state index in [1.54, 1.807) is 30.3 Å². The second kappa shape index (κ2) is 9.79. The van der Waals surface area contributed by atoms with Crippen LogP contribution < -0.4 is 4.74 Å². The molecule has 1 aliphatic heterocycles. The minimum Gasteiger partial charge on any atom is -0.494 e. The minimum atomic E-state index is -1.23. The number of hydrogen-bond donors (Lipinski definition) is 0. The largest absolute Gasteiger partial charge is 0.494 e. The van der Waals surface area contributed by atoms with Crippen LogP contribution in [0.25, 0.3) is 22.3 Å². The van der Waals surface area contributed by atoms with Crippen LogP contribution in [0.3, 0.4) is 0 Å². The molecule has 33 heavy (non-hydrogen) atoms. The molecule has 0 spiro atoms. The number of halogens is 4. The summed E-state index contributed by atoms with van der Waals surface area (Å²) in [5, 5.41) is 0. The fourth-order valence-electron chi connectivity index (χ4n) is 4.17. The van der Waals surface area contributed by atoms with Crippen LogP contribution in [-0.4, -0.2) is 19.3 Å². The van der Waals surface area contributed by atoms with Gasteiger partial charge < -0.3 is 9.47 Å². The predicted octanol–water partition coefficient (Wildman–Crippen LogP) is 7.42. The molecule has 2 nitrogen and oxygen atoms in total. The number of hydrogen-bond acceptors (Lipinski definition) is 2. The zero-order chi connectivity index (χ0) is 23.5. The summed E-state index contributed by atoms with van der Waals surface area (Å²) in [4.78, 5) is 0. The lowest BCUT2D eigenvalue weighted by atomic mass is 9.89. The molecule has 0 radical (unpaired) electrons. The van der Waals surface area contributed by atoms with E-state index in [2.05, 4.69) is 6.58 Å². The van der Waals surface area contributed by atoms with Crippen molar-refractivity contribution in [3.05, 3.63) is 90.0 Å². The summed E-state index contributed by atoms with van der Waals surface area (Å²) in [7, 11) is 0. The maximum Gasteiger partial charge on any atom is 0.167 e. The van der Waals surface area contributed by atoms with Gasteiger partial charge in [0.15, 0.2) is 23.3 Å². The van der Waals surface area contributed by atoms with Crippen molar-refractivity contribution in [1.29, 1.82) is 0 Å². The first kappa shape index (κ1) is 23.1. The van der Waals surface area contributed by atoms with E-state index in [1.165, 1.54) is 24.3 Å². The molecule has 0 aliphatic carbocycles. The normalized spacial score (nSPS) is 18.2. The van der Waals surface area contributed by atoms with Crippen LogP contribution in [0.1, 0.15) is 31.2 Å². The first-order valence-corrected chi connectivity index (χ1v) is 10.9. The summed E-state index contributed by atoms with van der Waals surface area (Å²) in [6.07, 6.45) is 2.86. The third kappa shape index (κ3) is 4.53. The van der Waals surface area contributed by atoms with E-state index in [0.717, 1.165) is 0 Å². The van der Waals surface area contributed by atoms with Gasteiger partial charge in [0.05, 0.1) is 19.3 Å². The van der Waals surface area contributed by atoms with Gasteiger partial charge in [0, 0.05) is 22.6 Å². The van der Waals surface area contributed by atoms with Crippen LogP contribution >= 0.6 is 0 Å². The lowest BCUT2D eigenvalue weighted by Crippen LogP contribution is -2.23. The molecule has 0 aromatic heterocycles. The Morgan fingerprint density at radius 3 is 2.06 bits per heavy atom. The fraction of sp³-hybridized carbons (Fsp3) is 0.259. The third-order valence-electron chi connectivity index (χ3n) is 5.97. The maximum atomic E-state index is 15.0. The highest BCUT2D eigenvalue weighted by Gasteiger charge is 2.27. The van der Waals surface area contributed by atoms with E-state index in [1.807, 2.05) is 6.92 Å². The van der Waals surface area contributed by atoms with Crippen molar-refractivity contribution in [3.8, 4) is 28.0 Å². The Morgan fingerprint density at radius 1 is 0.848 bits per heavy atom. The van der Waals surface area contributed by atoms with Crippen molar-refractivity contribution >= 4 is 0 Å². The standard InChI is InChI=1S/C27H24F4O2/c1-3-18-8-7-17(15-33-18)21-12-14-23(27(31)25(21)29)22-13-11-20(24(28)26(22)30)16-5-9-19(10-6-16)32-4-2/h3,5-6,9-14,17-18H,1,4,7-8,15H2,2H3. The highest BCUT2D eigenvalue weighted by Crippen LogP contribution is 2.37. The average Bonchev–Trinajstić information content (AvgIpc) is 2.84. The van der Waals surface area contributed by atoms with E-state index in [-0.39, 0.29) is 40.9 Å². The molecule has 3 aromatic carbocycles. The van der Waals surface area contributed by atoms with Gasteiger partial charge in [-0.25, -0.2) is 17.6 Å². The zero-order valence-corrected chi connectivity index (χ0v) is 18.2. The van der Waals surface area contributed by atoms with Crippen LogP contribution in [0, 0.1) is 23.3 Å².